The van der Waals surface area contributed by atoms with Crippen molar-refractivity contribution in [3.05, 3.63) is 53.1 Å². The van der Waals surface area contributed by atoms with Gasteiger partial charge in [0.15, 0.2) is 5.69 Å². The van der Waals surface area contributed by atoms with Gasteiger partial charge in [-0.15, -0.1) is 0 Å². The maximum Gasteiger partial charge on any atom is 0.356 e. The Morgan fingerprint density at radius 3 is 2.89 bits per heavy atom. The number of hydrogen-bond acceptors (Lipinski definition) is 3. The van der Waals surface area contributed by atoms with Gasteiger partial charge in [0.05, 0.1) is 12.1 Å². The van der Waals surface area contributed by atoms with E-state index in [0.717, 1.165) is 0 Å². The van der Waals surface area contributed by atoms with Crippen LogP contribution in [0.1, 0.15) is 21.6 Å². The summed E-state index contributed by atoms with van der Waals surface area (Å²) >= 11 is 0. The van der Waals surface area contributed by atoms with Crippen molar-refractivity contribution in [2.45, 2.75) is 6.54 Å². The number of benzene rings is 1. The Morgan fingerprint density at radius 1 is 1.50 bits per heavy atom. The third-order valence-corrected chi connectivity index (χ3v) is 2.39. The fourth-order valence-corrected chi connectivity index (χ4v) is 1.53. The molecule has 0 atom stereocenters. The Kier molecular flexibility index (Phi) is 3.06. The van der Waals surface area contributed by atoms with Crippen molar-refractivity contribution in [3.8, 4) is 6.07 Å². The molecule has 0 amide bonds. The zero-order valence-corrected chi connectivity index (χ0v) is 9.17. The van der Waals surface area contributed by atoms with E-state index < -0.39 is 11.8 Å². The number of hydrogen-bond donors (Lipinski definition) is 1. The summed E-state index contributed by atoms with van der Waals surface area (Å²) in [6.45, 7) is 0.0780. The van der Waals surface area contributed by atoms with Gasteiger partial charge in [-0.05, 0) is 12.1 Å². The summed E-state index contributed by atoms with van der Waals surface area (Å²) in [5.41, 5.74) is 0.138. The lowest BCUT2D eigenvalue weighted by atomic mass is 10.1. The predicted molar refractivity (Wildman–Crippen MR) is 59.4 cm³/mol. The standard InChI is InChI=1S/C12H8FN3O2/c13-11-8(6-14)2-1-3-9(11)7-16-5-4-10(15-16)12(17)18/h1-5H,7H2,(H,17,18). The van der Waals surface area contributed by atoms with Crippen LogP contribution in [-0.4, -0.2) is 20.9 Å². The van der Waals surface area contributed by atoms with Gasteiger partial charge in [0.25, 0.3) is 0 Å². The minimum absolute atomic E-state index is 0.0434. The van der Waals surface area contributed by atoms with Crippen LogP contribution in [0.5, 0.6) is 0 Å². The fourth-order valence-electron chi connectivity index (χ4n) is 1.53. The van der Waals surface area contributed by atoms with Crippen molar-refractivity contribution in [3.63, 3.8) is 0 Å². The second kappa shape index (κ2) is 4.67. The van der Waals surface area contributed by atoms with Gasteiger partial charge < -0.3 is 5.11 Å². The summed E-state index contributed by atoms with van der Waals surface area (Å²) < 4.78 is 15.1. The van der Waals surface area contributed by atoms with Crippen molar-refractivity contribution in [1.29, 1.82) is 5.26 Å². The minimum atomic E-state index is -1.14. The number of nitrogens with zero attached hydrogens (tertiary/aromatic N) is 3. The molecule has 2 rings (SSSR count). The van der Waals surface area contributed by atoms with Crippen molar-refractivity contribution < 1.29 is 14.3 Å². The molecular formula is C12H8FN3O2. The molecule has 18 heavy (non-hydrogen) atoms. The summed E-state index contributed by atoms with van der Waals surface area (Å²) in [6.07, 6.45) is 1.45. The number of rotatable bonds is 3. The first kappa shape index (κ1) is 11.8. The molecule has 5 nitrogen and oxygen atoms in total. The molecule has 0 aliphatic heterocycles. The molecule has 0 saturated carbocycles. The molecule has 0 spiro atoms. The molecule has 2 aromatic rings. The summed E-state index contributed by atoms with van der Waals surface area (Å²) in [4.78, 5) is 10.6. The Balaban J connectivity index is 2.29. The highest BCUT2D eigenvalue weighted by Gasteiger charge is 2.10. The van der Waals surface area contributed by atoms with Crippen LogP contribution in [0, 0.1) is 17.1 Å². The van der Waals surface area contributed by atoms with Gasteiger partial charge in [-0.25, -0.2) is 9.18 Å². The van der Waals surface area contributed by atoms with Gasteiger partial charge in [-0.1, -0.05) is 12.1 Å². The second-order valence-electron chi connectivity index (χ2n) is 3.59. The van der Waals surface area contributed by atoms with E-state index in [2.05, 4.69) is 5.10 Å². The maximum atomic E-state index is 13.7. The monoisotopic (exact) mass is 245 g/mol. The van der Waals surface area contributed by atoms with Gasteiger partial charge in [-0.2, -0.15) is 10.4 Å². The van der Waals surface area contributed by atoms with E-state index in [0.29, 0.717) is 0 Å². The molecule has 1 N–H and O–H groups in total. The highest BCUT2D eigenvalue weighted by molar-refractivity contribution is 5.85. The molecule has 1 aromatic heterocycles. The molecule has 0 fully saturated rings. The number of carboxylic acids is 1. The van der Waals surface area contributed by atoms with Crippen LogP contribution in [0.25, 0.3) is 0 Å². The smallest absolute Gasteiger partial charge is 0.356 e. The van der Waals surface area contributed by atoms with Crippen LogP contribution < -0.4 is 0 Å². The topological polar surface area (TPSA) is 78.9 Å². The van der Waals surface area contributed by atoms with Gasteiger partial charge in [0.1, 0.15) is 11.9 Å². The quantitative estimate of drug-likeness (QED) is 0.891. The molecule has 6 heteroatoms. The van der Waals surface area contributed by atoms with Crippen LogP contribution >= 0.6 is 0 Å². The molecule has 0 aliphatic carbocycles. The number of aromatic carboxylic acids is 1. The van der Waals surface area contributed by atoms with Gasteiger partial charge >= 0.3 is 5.97 Å². The van der Waals surface area contributed by atoms with Crippen molar-refractivity contribution in [1.82, 2.24) is 9.78 Å². The van der Waals surface area contributed by atoms with E-state index in [1.165, 1.54) is 29.1 Å². The molecule has 0 bridgehead atoms. The van der Waals surface area contributed by atoms with Gasteiger partial charge in [-0.3, -0.25) is 4.68 Å². The van der Waals surface area contributed by atoms with E-state index in [1.54, 1.807) is 12.1 Å². The number of carbonyl (C=O) groups is 1. The molecule has 1 heterocycles. The lowest BCUT2D eigenvalue weighted by Gasteiger charge is -2.04. The molecule has 1 aromatic carbocycles. The van der Waals surface area contributed by atoms with Crippen molar-refractivity contribution in [2.75, 3.05) is 0 Å². The Hall–Kier alpha value is -2.68. The summed E-state index contributed by atoms with van der Waals surface area (Å²) in [5, 5.41) is 21.2. The van der Waals surface area contributed by atoms with E-state index in [1.807, 2.05) is 0 Å². The predicted octanol–water partition coefficient (Wildman–Crippen LogP) is 1.64. The SMILES string of the molecule is N#Cc1cccc(Cn2ccc(C(=O)O)n2)c1F. The van der Waals surface area contributed by atoms with E-state index in [9.17, 15) is 9.18 Å². The fraction of sp³-hybridized carbons (Fsp3) is 0.0833. The zero-order chi connectivity index (χ0) is 13.1. The van der Waals surface area contributed by atoms with Gasteiger partial charge in [0, 0.05) is 11.8 Å². The zero-order valence-electron chi connectivity index (χ0n) is 9.17. The van der Waals surface area contributed by atoms with Crippen LogP contribution in [-0.2, 0) is 6.54 Å². The third kappa shape index (κ3) is 2.20. The Bertz CT molecular complexity index is 643. The Labute approximate surface area is 102 Å². The number of aromatic nitrogens is 2. The van der Waals surface area contributed by atoms with Gasteiger partial charge in [0.2, 0.25) is 0 Å². The van der Waals surface area contributed by atoms with E-state index in [-0.39, 0.29) is 23.4 Å². The third-order valence-electron chi connectivity index (χ3n) is 2.39. The first-order valence-corrected chi connectivity index (χ1v) is 5.06. The highest BCUT2D eigenvalue weighted by Crippen LogP contribution is 2.13. The summed E-state index contributed by atoms with van der Waals surface area (Å²) in [5.74, 6) is -1.74. The van der Waals surface area contributed by atoms with Crippen molar-refractivity contribution >= 4 is 5.97 Å². The van der Waals surface area contributed by atoms with Crippen LogP contribution in [0.2, 0.25) is 0 Å². The first-order valence-electron chi connectivity index (χ1n) is 5.06. The maximum absolute atomic E-state index is 13.7. The molecule has 0 unspecified atom stereocenters. The first-order chi connectivity index (χ1) is 8.61. The van der Waals surface area contributed by atoms with E-state index >= 15 is 0 Å². The second-order valence-corrected chi connectivity index (χ2v) is 3.59. The lowest BCUT2D eigenvalue weighted by molar-refractivity contribution is 0.0689. The molecule has 0 radical (unpaired) electrons. The van der Waals surface area contributed by atoms with Crippen molar-refractivity contribution in [2.24, 2.45) is 0 Å². The summed E-state index contributed by atoms with van der Waals surface area (Å²) in [7, 11) is 0. The average Bonchev–Trinajstić information content (AvgIpc) is 2.80. The number of halogens is 1. The normalized spacial score (nSPS) is 10.0. The van der Waals surface area contributed by atoms with E-state index in [4.69, 9.17) is 10.4 Å². The average molecular weight is 245 g/mol. The lowest BCUT2D eigenvalue weighted by Crippen LogP contribution is -2.06. The molecular weight excluding hydrogens is 237 g/mol. The highest BCUT2D eigenvalue weighted by atomic mass is 19.1. The number of nitriles is 1. The van der Waals surface area contributed by atoms with Crippen LogP contribution in [0.15, 0.2) is 30.5 Å². The molecule has 90 valence electrons. The Morgan fingerprint density at radius 2 is 2.28 bits per heavy atom. The largest absolute Gasteiger partial charge is 0.476 e. The minimum Gasteiger partial charge on any atom is -0.476 e. The van der Waals surface area contributed by atoms with Crippen LogP contribution in [0.4, 0.5) is 4.39 Å². The molecule has 0 aliphatic rings. The van der Waals surface area contributed by atoms with Crippen LogP contribution in [0.3, 0.4) is 0 Å². The summed E-state index contributed by atoms with van der Waals surface area (Å²) in [6, 6.07) is 7.55. The molecule has 0 saturated heterocycles. The number of carboxylic acid groups (broad SMARTS) is 1.